The molecule has 3 N–H and O–H groups in total. The molecule has 1 aliphatic rings. The molecule has 1 atom stereocenters. The lowest BCUT2D eigenvalue weighted by Gasteiger charge is -2.27. The molecule has 1 fully saturated rings. The van der Waals surface area contributed by atoms with Crippen molar-refractivity contribution in [3.8, 4) is 0 Å². The van der Waals surface area contributed by atoms with Crippen LogP contribution in [0.2, 0.25) is 0 Å². The van der Waals surface area contributed by atoms with E-state index in [-0.39, 0.29) is 5.91 Å². The molecule has 1 aromatic carbocycles. The standard InChI is InChI=1S/C16H26N4O/c1-13-11-19(2)8-5-9-20(13)12-16(21)18-15-7-4-3-6-14(15)10-17/h3-4,6-7,13H,5,8-12,17H2,1-2H3,(H,18,21). The van der Waals surface area contributed by atoms with Crippen LogP contribution >= 0.6 is 0 Å². The zero-order valence-electron chi connectivity index (χ0n) is 13.0. The van der Waals surface area contributed by atoms with Crippen molar-refractivity contribution >= 4 is 11.6 Å². The van der Waals surface area contributed by atoms with E-state index in [2.05, 4.69) is 29.1 Å². The van der Waals surface area contributed by atoms with Crippen LogP contribution < -0.4 is 11.1 Å². The smallest absolute Gasteiger partial charge is 0.238 e. The van der Waals surface area contributed by atoms with E-state index in [0.29, 0.717) is 19.1 Å². The van der Waals surface area contributed by atoms with Crippen molar-refractivity contribution in [1.82, 2.24) is 9.80 Å². The number of nitrogens with zero attached hydrogens (tertiary/aromatic N) is 2. The summed E-state index contributed by atoms with van der Waals surface area (Å²) in [6, 6.07) is 8.09. The molecule has 1 saturated heterocycles. The summed E-state index contributed by atoms with van der Waals surface area (Å²) < 4.78 is 0. The number of benzene rings is 1. The first-order valence-electron chi connectivity index (χ1n) is 7.60. The van der Waals surface area contributed by atoms with Gasteiger partial charge in [0.1, 0.15) is 0 Å². The van der Waals surface area contributed by atoms with Crippen LogP contribution in [0.25, 0.3) is 0 Å². The fourth-order valence-corrected chi connectivity index (χ4v) is 2.85. The summed E-state index contributed by atoms with van der Waals surface area (Å²) in [4.78, 5) is 16.9. The molecule has 0 aromatic heterocycles. The molecule has 0 saturated carbocycles. The number of amides is 1. The summed E-state index contributed by atoms with van der Waals surface area (Å²) in [7, 11) is 2.14. The van der Waals surface area contributed by atoms with E-state index in [1.54, 1.807) is 0 Å². The van der Waals surface area contributed by atoms with Crippen molar-refractivity contribution in [3.63, 3.8) is 0 Å². The van der Waals surface area contributed by atoms with Gasteiger partial charge < -0.3 is 16.0 Å². The van der Waals surface area contributed by atoms with E-state index in [9.17, 15) is 4.79 Å². The van der Waals surface area contributed by atoms with Crippen LogP contribution in [0, 0.1) is 0 Å². The van der Waals surface area contributed by atoms with Gasteiger partial charge in [0.05, 0.1) is 6.54 Å². The summed E-state index contributed by atoms with van der Waals surface area (Å²) in [5.74, 6) is 0.0345. The number of hydrogen-bond acceptors (Lipinski definition) is 4. The second kappa shape index (κ2) is 7.54. The molecular weight excluding hydrogens is 264 g/mol. The van der Waals surface area contributed by atoms with Crippen molar-refractivity contribution in [2.24, 2.45) is 5.73 Å². The Labute approximate surface area is 127 Å². The van der Waals surface area contributed by atoms with Crippen LogP contribution in [0.4, 0.5) is 5.69 Å². The molecule has 0 aliphatic carbocycles. The van der Waals surface area contributed by atoms with Crippen LogP contribution in [0.5, 0.6) is 0 Å². The second-order valence-corrected chi connectivity index (χ2v) is 5.84. The maximum atomic E-state index is 12.3. The summed E-state index contributed by atoms with van der Waals surface area (Å²) >= 11 is 0. The van der Waals surface area contributed by atoms with Crippen LogP contribution in [0.15, 0.2) is 24.3 Å². The largest absolute Gasteiger partial charge is 0.326 e. The van der Waals surface area contributed by atoms with Gasteiger partial charge in [0, 0.05) is 31.4 Å². The first kappa shape index (κ1) is 15.9. The molecule has 1 heterocycles. The van der Waals surface area contributed by atoms with Crippen molar-refractivity contribution in [2.75, 3.05) is 38.5 Å². The first-order chi connectivity index (χ1) is 10.1. The highest BCUT2D eigenvalue weighted by Gasteiger charge is 2.21. The Morgan fingerprint density at radius 2 is 2.14 bits per heavy atom. The average molecular weight is 290 g/mol. The Bertz CT molecular complexity index is 477. The van der Waals surface area contributed by atoms with Gasteiger partial charge in [-0.1, -0.05) is 18.2 Å². The predicted molar refractivity (Wildman–Crippen MR) is 86.1 cm³/mol. The number of carbonyl (C=O) groups is 1. The van der Waals surface area contributed by atoms with E-state index in [0.717, 1.165) is 37.3 Å². The maximum Gasteiger partial charge on any atom is 0.238 e. The Balaban J connectivity index is 1.94. The van der Waals surface area contributed by atoms with E-state index in [1.165, 1.54) is 0 Å². The summed E-state index contributed by atoms with van der Waals surface area (Å²) in [6.07, 6.45) is 1.10. The van der Waals surface area contributed by atoms with Gasteiger partial charge in [-0.05, 0) is 38.6 Å². The molecule has 1 aliphatic heterocycles. The van der Waals surface area contributed by atoms with E-state index >= 15 is 0 Å². The number of para-hydroxylation sites is 1. The minimum absolute atomic E-state index is 0.0345. The lowest BCUT2D eigenvalue weighted by Crippen LogP contribution is -2.42. The van der Waals surface area contributed by atoms with Crippen LogP contribution in [-0.4, -0.2) is 55.0 Å². The molecule has 21 heavy (non-hydrogen) atoms. The first-order valence-corrected chi connectivity index (χ1v) is 7.60. The Morgan fingerprint density at radius 1 is 1.38 bits per heavy atom. The quantitative estimate of drug-likeness (QED) is 0.872. The molecule has 1 aromatic rings. The summed E-state index contributed by atoms with van der Waals surface area (Å²) in [6.45, 7) is 6.13. The van der Waals surface area contributed by atoms with Gasteiger partial charge in [0.2, 0.25) is 5.91 Å². The third-order valence-corrected chi connectivity index (χ3v) is 4.04. The zero-order chi connectivity index (χ0) is 15.2. The highest BCUT2D eigenvalue weighted by molar-refractivity contribution is 5.93. The van der Waals surface area contributed by atoms with Gasteiger partial charge in [0.25, 0.3) is 0 Å². The van der Waals surface area contributed by atoms with Gasteiger partial charge in [-0.15, -0.1) is 0 Å². The zero-order valence-corrected chi connectivity index (χ0v) is 13.0. The lowest BCUT2D eigenvalue weighted by atomic mass is 10.2. The number of hydrogen-bond donors (Lipinski definition) is 2. The number of anilines is 1. The molecule has 5 nitrogen and oxygen atoms in total. The normalized spacial score (nSPS) is 21.0. The van der Waals surface area contributed by atoms with Gasteiger partial charge >= 0.3 is 0 Å². The third-order valence-electron chi connectivity index (χ3n) is 4.04. The van der Waals surface area contributed by atoms with Gasteiger partial charge in [-0.3, -0.25) is 9.69 Å². The van der Waals surface area contributed by atoms with Crippen LogP contribution in [0.1, 0.15) is 18.9 Å². The highest BCUT2D eigenvalue weighted by Crippen LogP contribution is 2.14. The van der Waals surface area contributed by atoms with Crippen molar-refractivity contribution in [3.05, 3.63) is 29.8 Å². The Morgan fingerprint density at radius 3 is 2.90 bits per heavy atom. The molecule has 5 heteroatoms. The second-order valence-electron chi connectivity index (χ2n) is 5.84. The topological polar surface area (TPSA) is 61.6 Å². The van der Waals surface area contributed by atoms with Crippen LogP contribution in [0.3, 0.4) is 0 Å². The SMILES string of the molecule is CC1CN(C)CCCN1CC(=O)Nc1ccccc1CN. The minimum atomic E-state index is 0.0345. The van der Waals surface area contributed by atoms with E-state index < -0.39 is 0 Å². The fraction of sp³-hybridized carbons (Fsp3) is 0.562. The van der Waals surface area contributed by atoms with Gasteiger partial charge in [-0.25, -0.2) is 0 Å². The van der Waals surface area contributed by atoms with E-state index in [1.807, 2.05) is 24.3 Å². The summed E-state index contributed by atoms with van der Waals surface area (Å²) in [5.41, 5.74) is 7.49. The Kier molecular flexibility index (Phi) is 5.73. The molecular formula is C16H26N4O. The molecule has 1 unspecified atom stereocenters. The van der Waals surface area contributed by atoms with E-state index in [4.69, 9.17) is 5.73 Å². The third kappa shape index (κ3) is 4.52. The number of nitrogens with one attached hydrogen (secondary N) is 1. The number of carbonyl (C=O) groups excluding carboxylic acids is 1. The predicted octanol–water partition coefficient (Wildman–Crippen LogP) is 1.11. The number of nitrogens with two attached hydrogens (primary N) is 1. The number of rotatable bonds is 4. The Hall–Kier alpha value is -1.43. The minimum Gasteiger partial charge on any atom is -0.326 e. The molecule has 2 rings (SSSR count). The monoisotopic (exact) mass is 290 g/mol. The average Bonchev–Trinajstić information content (AvgIpc) is 2.61. The van der Waals surface area contributed by atoms with Crippen molar-refractivity contribution in [1.29, 1.82) is 0 Å². The lowest BCUT2D eigenvalue weighted by molar-refractivity contribution is -0.117. The van der Waals surface area contributed by atoms with Crippen molar-refractivity contribution in [2.45, 2.75) is 25.9 Å². The maximum absolute atomic E-state index is 12.3. The molecule has 0 radical (unpaired) electrons. The number of likely N-dealkylation sites (N-methyl/N-ethyl adjacent to an activating group) is 1. The van der Waals surface area contributed by atoms with Gasteiger partial charge in [-0.2, -0.15) is 0 Å². The van der Waals surface area contributed by atoms with Crippen LogP contribution in [-0.2, 0) is 11.3 Å². The highest BCUT2D eigenvalue weighted by atomic mass is 16.2. The van der Waals surface area contributed by atoms with Crippen molar-refractivity contribution < 1.29 is 4.79 Å². The molecule has 1 amide bonds. The van der Waals surface area contributed by atoms with Gasteiger partial charge in [0.15, 0.2) is 0 Å². The molecule has 0 spiro atoms. The molecule has 0 bridgehead atoms. The summed E-state index contributed by atoms with van der Waals surface area (Å²) in [5, 5.41) is 2.99. The fourth-order valence-electron chi connectivity index (χ4n) is 2.85. The molecule has 116 valence electrons.